The third-order valence-corrected chi connectivity index (χ3v) is 3.13. The molecule has 1 heterocycles. The second-order valence-electron chi connectivity index (χ2n) is 2.51. The number of hydrogen-bond donors (Lipinski definition) is 1. The number of nitrogens with one attached hydrogen (secondary N) is 1. The molecule has 14 heavy (non-hydrogen) atoms. The minimum Gasteiger partial charge on any atom is -0.273 e. The number of carbonyl (C=O) groups is 1. The lowest BCUT2D eigenvalue weighted by molar-refractivity contribution is -0.117. The van der Waals surface area contributed by atoms with Crippen LogP contribution in [0.3, 0.4) is 0 Å². The van der Waals surface area contributed by atoms with E-state index >= 15 is 0 Å². The summed E-state index contributed by atoms with van der Waals surface area (Å²) in [5, 5.41) is 13.2. The monoisotopic (exact) mass is 227 g/mol. The molecular formula is C8H9N3OS2. The summed E-state index contributed by atoms with van der Waals surface area (Å²) in [6, 6.07) is 0. The van der Waals surface area contributed by atoms with Crippen LogP contribution in [0.25, 0.3) is 0 Å². The molecule has 0 aromatic carbocycles. The number of thiazole rings is 1. The first-order valence-corrected chi connectivity index (χ1v) is 5.92. The average molecular weight is 227 g/mol. The van der Waals surface area contributed by atoms with E-state index in [0.29, 0.717) is 11.5 Å². The van der Waals surface area contributed by atoms with E-state index in [1.54, 1.807) is 17.5 Å². The molecule has 0 bridgehead atoms. The Hall–Kier alpha value is -1.06. The molecule has 0 aliphatic heterocycles. The molecule has 1 amide bonds. The van der Waals surface area contributed by atoms with E-state index in [2.05, 4.69) is 10.3 Å². The molecule has 0 atom stereocenters. The van der Waals surface area contributed by atoms with Crippen molar-refractivity contribution in [3.8, 4) is 6.19 Å². The first-order chi connectivity index (χ1) is 6.72. The van der Waals surface area contributed by atoms with Crippen LogP contribution in [0.5, 0.6) is 0 Å². The smallest absolute Gasteiger partial charge is 0.242 e. The fraction of sp³-hybridized carbons (Fsp3) is 0.375. The Labute approximate surface area is 90.3 Å². The van der Waals surface area contributed by atoms with Gasteiger partial charge in [0, 0.05) is 11.1 Å². The predicted molar refractivity (Wildman–Crippen MR) is 56.8 cm³/mol. The van der Waals surface area contributed by atoms with Gasteiger partial charge in [-0.3, -0.25) is 10.1 Å². The summed E-state index contributed by atoms with van der Waals surface area (Å²) in [5.74, 6) is 0.747. The van der Waals surface area contributed by atoms with Gasteiger partial charge >= 0.3 is 0 Å². The Morgan fingerprint density at radius 3 is 3.21 bits per heavy atom. The van der Waals surface area contributed by atoms with Crippen molar-refractivity contribution in [2.45, 2.75) is 12.7 Å². The highest BCUT2D eigenvalue weighted by molar-refractivity contribution is 7.99. The number of aryl methyl sites for hydroxylation is 1. The molecule has 74 valence electrons. The highest BCUT2D eigenvalue weighted by atomic mass is 32.2. The van der Waals surface area contributed by atoms with E-state index in [-0.39, 0.29) is 5.91 Å². The van der Waals surface area contributed by atoms with E-state index in [4.69, 9.17) is 5.26 Å². The van der Waals surface area contributed by atoms with Gasteiger partial charge in [-0.25, -0.2) is 4.98 Å². The molecular weight excluding hydrogens is 218 g/mol. The summed E-state index contributed by atoms with van der Waals surface area (Å²) in [5.41, 5.74) is 0.988. The molecule has 0 saturated heterocycles. The summed E-state index contributed by atoms with van der Waals surface area (Å²) in [4.78, 5) is 15.1. The largest absolute Gasteiger partial charge is 0.273 e. The summed E-state index contributed by atoms with van der Waals surface area (Å²) >= 11 is 3.04. The highest BCUT2D eigenvalue weighted by Gasteiger charge is 2.02. The lowest BCUT2D eigenvalue weighted by Crippen LogP contribution is -2.19. The first-order valence-electron chi connectivity index (χ1n) is 3.89. The van der Waals surface area contributed by atoms with Crippen LogP contribution in [0.4, 0.5) is 0 Å². The SMILES string of the molecule is Cc1nc(CSCC(=O)NC#N)cs1. The van der Waals surface area contributed by atoms with Gasteiger partial charge < -0.3 is 0 Å². The molecule has 1 aromatic heterocycles. The highest BCUT2D eigenvalue weighted by Crippen LogP contribution is 2.14. The summed E-state index contributed by atoms with van der Waals surface area (Å²) < 4.78 is 0. The zero-order chi connectivity index (χ0) is 10.4. The zero-order valence-electron chi connectivity index (χ0n) is 7.61. The van der Waals surface area contributed by atoms with Gasteiger partial charge in [0.15, 0.2) is 6.19 Å². The lowest BCUT2D eigenvalue weighted by atomic mass is 10.6. The Morgan fingerprint density at radius 1 is 1.86 bits per heavy atom. The van der Waals surface area contributed by atoms with Crippen molar-refractivity contribution in [2.24, 2.45) is 0 Å². The molecule has 6 heteroatoms. The van der Waals surface area contributed by atoms with Crippen molar-refractivity contribution >= 4 is 29.0 Å². The van der Waals surface area contributed by atoms with Gasteiger partial charge in [-0.05, 0) is 6.92 Å². The van der Waals surface area contributed by atoms with E-state index in [1.165, 1.54) is 11.8 Å². The van der Waals surface area contributed by atoms with E-state index in [9.17, 15) is 4.79 Å². The Kier molecular flexibility index (Phi) is 4.43. The van der Waals surface area contributed by atoms with Crippen LogP contribution in [0.15, 0.2) is 5.38 Å². The van der Waals surface area contributed by atoms with Crippen LogP contribution < -0.4 is 5.32 Å². The van der Waals surface area contributed by atoms with E-state index in [0.717, 1.165) is 10.7 Å². The Balaban J connectivity index is 2.22. The fourth-order valence-electron chi connectivity index (χ4n) is 0.821. The van der Waals surface area contributed by atoms with Crippen molar-refractivity contribution in [3.05, 3.63) is 16.1 Å². The van der Waals surface area contributed by atoms with Gasteiger partial charge in [0.2, 0.25) is 5.91 Å². The number of rotatable bonds is 4. The molecule has 1 N–H and O–H groups in total. The molecule has 1 aromatic rings. The molecule has 0 aliphatic rings. The standard InChI is InChI=1S/C8H9N3OS2/c1-6-11-7(3-14-6)2-13-4-8(12)10-5-9/h3H,2,4H2,1H3,(H,10,12). The third kappa shape index (κ3) is 3.77. The maximum atomic E-state index is 10.9. The summed E-state index contributed by atoms with van der Waals surface area (Å²) in [7, 11) is 0. The van der Waals surface area contributed by atoms with E-state index < -0.39 is 0 Å². The van der Waals surface area contributed by atoms with Gasteiger partial charge in [0.25, 0.3) is 0 Å². The fourth-order valence-corrected chi connectivity index (χ4v) is 2.26. The molecule has 0 radical (unpaired) electrons. The third-order valence-electron chi connectivity index (χ3n) is 1.34. The van der Waals surface area contributed by atoms with Gasteiger partial charge in [-0.15, -0.1) is 23.1 Å². The Bertz CT molecular complexity index is 356. The number of nitriles is 1. The second kappa shape index (κ2) is 5.62. The van der Waals surface area contributed by atoms with Gasteiger partial charge in [-0.1, -0.05) is 0 Å². The topological polar surface area (TPSA) is 65.8 Å². The number of thioether (sulfide) groups is 1. The predicted octanol–water partition coefficient (Wildman–Crippen LogP) is 1.28. The number of aromatic nitrogens is 1. The summed E-state index contributed by atoms with van der Waals surface area (Å²) in [6.07, 6.45) is 1.59. The van der Waals surface area contributed by atoms with Crippen molar-refractivity contribution in [1.29, 1.82) is 5.26 Å². The van der Waals surface area contributed by atoms with Crippen molar-refractivity contribution in [1.82, 2.24) is 10.3 Å². The quantitative estimate of drug-likeness (QED) is 0.621. The molecule has 0 fully saturated rings. The number of amides is 1. The number of nitrogens with zero attached hydrogens (tertiary/aromatic N) is 2. The van der Waals surface area contributed by atoms with Crippen LogP contribution in [0.1, 0.15) is 10.7 Å². The number of carbonyl (C=O) groups excluding carboxylic acids is 1. The number of hydrogen-bond acceptors (Lipinski definition) is 5. The van der Waals surface area contributed by atoms with Gasteiger partial charge in [0.05, 0.1) is 16.5 Å². The maximum absolute atomic E-state index is 10.9. The molecule has 0 aliphatic carbocycles. The van der Waals surface area contributed by atoms with Crippen LogP contribution in [0.2, 0.25) is 0 Å². The molecule has 4 nitrogen and oxygen atoms in total. The minimum absolute atomic E-state index is 0.260. The minimum atomic E-state index is -0.260. The molecule has 0 unspecified atom stereocenters. The first kappa shape index (κ1) is 11.0. The lowest BCUT2D eigenvalue weighted by Gasteiger charge is -1.96. The van der Waals surface area contributed by atoms with E-state index in [1.807, 2.05) is 12.3 Å². The van der Waals surface area contributed by atoms with Crippen LogP contribution >= 0.6 is 23.1 Å². The zero-order valence-corrected chi connectivity index (χ0v) is 9.24. The van der Waals surface area contributed by atoms with Crippen LogP contribution in [-0.2, 0) is 10.5 Å². The van der Waals surface area contributed by atoms with Gasteiger partial charge in [0.1, 0.15) is 0 Å². The average Bonchev–Trinajstić information content (AvgIpc) is 2.52. The maximum Gasteiger partial charge on any atom is 0.242 e. The Morgan fingerprint density at radius 2 is 2.64 bits per heavy atom. The molecule has 0 spiro atoms. The van der Waals surface area contributed by atoms with Gasteiger partial charge in [-0.2, -0.15) is 5.26 Å². The van der Waals surface area contributed by atoms with Crippen LogP contribution in [-0.4, -0.2) is 16.6 Å². The van der Waals surface area contributed by atoms with Crippen LogP contribution in [0, 0.1) is 18.4 Å². The molecule has 0 saturated carbocycles. The van der Waals surface area contributed by atoms with Crippen molar-refractivity contribution in [2.75, 3.05) is 5.75 Å². The normalized spacial score (nSPS) is 9.43. The second-order valence-corrected chi connectivity index (χ2v) is 4.56. The van der Waals surface area contributed by atoms with Crippen molar-refractivity contribution in [3.63, 3.8) is 0 Å². The molecule has 1 rings (SSSR count). The summed E-state index contributed by atoms with van der Waals surface area (Å²) in [6.45, 7) is 1.95. The van der Waals surface area contributed by atoms with Crippen molar-refractivity contribution < 1.29 is 4.79 Å².